The predicted molar refractivity (Wildman–Crippen MR) is 63.3 cm³/mol. The van der Waals surface area contributed by atoms with Crippen LogP contribution in [0.5, 0.6) is 0 Å². The molecular formula is C13H21NO2. The third-order valence-electron chi connectivity index (χ3n) is 3.24. The van der Waals surface area contributed by atoms with Crippen LogP contribution in [-0.2, 0) is 4.74 Å². The summed E-state index contributed by atoms with van der Waals surface area (Å²) >= 11 is 0. The van der Waals surface area contributed by atoms with Crippen LogP contribution in [0.2, 0.25) is 0 Å². The normalized spacial score (nSPS) is 23.2. The first kappa shape index (κ1) is 11.7. The molecule has 0 spiro atoms. The van der Waals surface area contributed by atoms with Crippen molar-refractivity contribution >= 4 is 0 Å². The molecule has 1 saturated heterocycles. The molecule has 3 heteroatoms. The molecule has 2 rings (SSSR count). The Morgan fingerprint density at radius 3 is 3.25 bits per heavy atom. The molecule has 16 heavy (non-hydrogen) atoms. The highest BCUT2D eigenvalue weighted by Crippen LogP contribution is 2.19. The molecule has 2 heterocycles. The molecule has 90 valence electrons. The molecule has 1 fully saturated rings. The lowest BCUT2D eigenvalue weighted by atomic mass is 9.97. The number of hydrogen-bond acceptors (Lipinski definition) is 3. The molecule has 1 aromatic heterocycles. The molecule has 1 aliphatic heterocycles. The second-order valence-corrected chi connectivity index (χ2v) is 4.53. The number of piperidine rings is 1. The zero-order valence-electron chi connectivity index (χ0n) is 9.95. The molecular weight excluding hydrogens is 202 g/mol. The van der Waals surface area contributed by atoms with E-state index in [0.29, 0.717) is 0 Å². The van der Waals surface area contributed by atoms with Gasteiger partial charge in [-0.3, -0.25) is 0 Å². The SMILES string of the molecule is C[C@H](OCC[C@H]1CCCNC1)c1ccco1. The molecule has 1 aromatic rings. The summed E-state index contributed by atoms with van der Waals surface area (Å²) in [6.45, 7) is 5.20. The van der Waals surface area contributed by atoms with Crippen LogP contribution in [-0.4, -0.2) is 19.7 Å². The van der Waals surface area contributed by atoms with Gasteiger partial charge in [0.25, 0.3) is 0 Å². The quantitative estimate of drug-likeness (QED) is 0.833. The molecule has 0 aliphatic carbocycles. The van der Waals surface area contributed by atoms with E-state index < -0.39 is 0 Å². The molecule has 0 amide bonds. The smallest absolute Gasteiger partial charge is 0.132 e. The maximum Gasteiger partial charge on any atom is 0.132 e. The minimum absolute atomic E-state index is 0.0755. The predicted octanol–water partition coefficient (Wildman–Crippen LogP) is 2.75. The Hall–Kier alpha value is -0.800. The van der Waals surface area contributed by atoms with E-state index in [2.05, 4.69) is 5.32 Å². The van der Waals surface area contributed by atoms with Crippen molar-refractivity contribution in [2.24, 2.45) is 5.92 Å². The van der Waals surface area contributed by atoms with Gasteiger partial charge in [0.1, 0.15) is 11.9 Å². The highest BCUT2D eigenvalue weighted by Gasteiger charge is 2.14. The van der Waals surface area contributed by atoms with E-state index in [-0.39, 0.29) is 6.10 Å². The second kappa shape index (κ2) is 6.06. The van der Waals surface area contributed by atoms with Gasteiger partial charge >= 0.3 is 0 Å². The minimum Gasteiger partial charge on any atom is -0.467 e. The van der Waals surface area contributed by atoms with Gasteiger partial charge in [0.05, 0.1) is 6.26 Å². The number of furan rings is 1. The van der Waals surface area contributed by atoms with E-state index in [4.69, 9.17) is 9.15 Å². The molecule has 0 saturated carbocycles. The Morgan fingerprint density at radius 1 is 1.62 bits per heavy atom. The lowest BCUT2D eigenvalue weighted by Gasteiger charge is -2.23. The Morgan fingerprint density at radius 2 is 2.56 bits per heavy atom. The van der Waals surface area contributed by atoms with Crippen molar-refractivity contribution in [2.45, 2.75) is 32.3 Å². The second-order valence-electron chi connectivity index (χ2n) is 4.53. The maximum atomic E-state index is 5.77. The van der Waals surface area contributed by atoms with E-state index in [1.807, 2.05) is 19.1 Å². The largest absolute Gasteiger partial charge is 0.467 e. The molecule has 1 aliphatic rings. The van der Waals surface area contributed by atoms with Crippen molar-refractivity contribution < 1.29 is 9.15 Å². The molecule has 1 N–H and O–H groups in total. The van der Waals surface area contributed by atoms with Crippen LogP contribution in [0, 0.1) is 5.92 Å². The number of hydrogen-bond donors (Lipinski definition) is 1. The van der Waals surface area contributed by atoms with E-state index in [9.17, 15) is 0 Å². The van der Waals surface area contributed by atoms with Gasteiger partial charge in [-0.2, -0.15) is 0 Å². The zero-order chi connectivity index (χ0) is 11.2. The van der Waals surface area contributed by atoms with Crippen molar-refractivity contribution in [2.75, 3.05) is 19.7 Å². The molecule has 2 atom stereocenters. The zero-order valence-corrected chi connectivity index (χ0v) is 9.95. The summed E-state index contributed by atoms with van der Waals surface area (Å²) in [5, 5.41) is 3.43. The monoisotopic (exact) mass is 223 g/mol. The molecule has 0 bridgehead atoms. The van der Waals surface area contributed by atoms with Gasteiger partial charge in [-0.25, -0.2) is 0 Å². The summed E-state index contributed by atoms with van der Waals surface area (Å²) in [6, 6.07) is 3.87. The highest BCUT2D eigenvalue weighted by molar-refractivity contribution is 5.00. The number of rotatable bonds is 5. The average molecular weight is 223 g/mol. The molecule has 0 radical (unpaired) electrons. The van der Waals surface area contributed by atoms with Crippen LogP contribution in [0.4, 0.5) is 0 Å². The molecule has 0 aromatic carbocycles. The summed E-state index contributed by atoms with van der Waals surface area (Å²) < 4.78 is 11.1. The van der Waals surface area contributed by atoms with Gasteiger partial charge in [0, 0.05) is 6.61 Å². The molecule has 3 nitrogen and oxygen atoms in total. The minimum atomic E-state index is 0.0755. The Bertz CT molecular complexity index is 278. The van der Waals surface area contributed by atoms with Gasteiger partial charge in [0.15, 0.2) is 0 Å². The lowest BCUT2D eigenvalue weighted by molar-refractivity contribution is 0.0403. The summed E-state index contributed by atoms with van der Waals surface area (Å²) in [4.78, 5) is 0. The fourth-order valence-corrected chi connectivity index (χ4v) is 2.19. The van der Waals surface area contributed by atoms with Crippen LogP contribution in [0.25, 0.3) is 0 Å². The van der Waals surface area contributed by atoms with Crippen LogP contribution >= 0.6 is 0 Å². The van der Waals surface area contributed by atoms with Gasteiger partial charge in [-0.1, -0.05) is 0 Å². The summed E-state index contributed by atoms with van der Waals surface area (Å²) in [5.41, 5.74) is 0. The van der Waals surface area contributed by atoms with Crippen LogP contribution in [0.1, 0.15) is 38.1 Å². The molecule has 0 unspecified atom stereocenters. The van der Waals surface area contributed by atoms with Crippen molar-refractivity contribution in [3.8, 4) is 0 Å². The topological polar surface area (TPSA) is 34.4 Å². The van der Waals surface area contributed by atoms with Crippen molar-refractivity contribution in [1.29, 1.82) is 0 Å². The Balaban J connectivity index is 1.63. The fourth-order valence-electron chi connectivity index (χ4n) is 2.19. The Labute approximate surface area is 97.2 Å². The third kappa shape index (κ3) is 3.35. The lowest BCUT2D eigenvalue weighted by Crippen LogP contribution is -2.30. The van der Waals surface area contributed by atoms with Gasteiger partial charge in [-0.05, 0) is 57.3 Å². The van der Waals surface area contributed by atoms with Crippen molar-refractivity contribution in [1.82, 2.24) is 5.32 Å². The van der Waals surface area contributed by atoms with Gasteiger partial charge < -0.3 is 14.5 Å². The first-order valence-corrected chi connectivity index (χ1v) is 6.22. The number of nitrogens with one attached hydrogen (secondary N) is 1. The summed E-state index contributed by atoms with van der Waals surface area (Å²) in [7, 11) is 0. The van der Waals surface area contributed by atoms with E-state index in [1.54, 1.807) is 6.26 Å². The first-order valence-electron chi connectivity index (χ1n) is 6.22. The van der Waals surface area contributed by atoms with Crippen LogP contribution in [0.15, 0.2) is 22.8 Å². The third-order valence-corrected chi connectivity index (χ3v) is 3.24. The van der Waals surface area contributed by atoms with Gasteiger partial charge in [0.2, 0.25) is 0 Å². The average Bonchev–Trinajstić information content (AvgIpc) is 2.84. The van der Waals surface area contributed by atoms with Crippen LogP contribution in [0.3, 0.4) is 0 Å². The summed E-state index contributed by atoms with van der Waals surface area (Å²) in [5.74, 6) is 1.71. The fraction of sp³-hybridized carbons (Fsp3) is 0.692. The summed E-state index contributed by atoms with van der Waals surface area (Å²) in [6.07, 6.45) is 5.56. The van der Waals surface area contributed by atoms with E-state index >= 15 is 0 Å². The van der Waals surface area contributed by atoms with E-state index in [0.717, 1.165) is 31.3 Å². The Kier molecular flexibility index (Phi) is 4.43. The van der Waals surface area contributed by atoms with Crippen molar-refractivity contribution in [3.05, 3.63) is 24.2 Å². The highest BCUT2D eigenvalue weighted by atomic mass is 16.5. The van der Waals surface area contributed by atoms with Gasteiger partial charge in [-0.15, -0.1) is 0 Å². The van der Waals surface area contributed by atoms with Crippen LogP contribution < -0.4 is 5.32 Å². The first-order chi connectivity index (χ1) is 7.86. The van der Waals surface area contributed by atoms with E-state index in [1.165, 1.54) is 19.4 Å². The number of ether oxygens (including phenoxy) is 1. The van der Waals surface area contributed by atoms with Crippen molar-refractivity contribution in [3.63, 3.8) is 0 Å². The maximum absolute atomic E-state index is 5.77. The standard InChI is InChI=1S/C13H21NO2/c1-11(13-5-3-8-16-13)15-9-6-12-4-2-7-14-10-12/h3,5,8,11-12,14H,2,4,6-7,9-10H2,1H3/t11-,12+/m0/s1.